The van der Waals surface area contributed by atoms with Crippen LogP contribution in [0, 0.1) is 0 Å². The Labute approximate surface area is 85.2 Å². The molecule has 4 heteroatoms. The van der Waals surface area contributed by atoms with Crippen LogP contribution in [0.4, 0.5) is 0 Å². The molecule has 0 saturated heterocycles. The molecule has 0 radical (unpaired) electrons. The predicted octanol–water partition coefficient (Wildman–Crippen LogP) is 1.20. The molecule has 0 spiro atoms. The van der Waals surface area contributed by atoms with Gasteiger partial charge in [-0.1, -0.05) is 0 Å². The number of nitrogens with two attached hydrogens (primary N) is 1. The molecular weight excluding hydrogens is 188 g/mol. The summed E-state index contributed by atoms with van der Waals surface area (Å²) >= 11 is 5.55. The molecule has 0 saturated carbocycles. The second-order valence-electron chi connectivity index (χ2n) is 3.69. The van der Waals surface area contributed by atoms with Gasteiger partial charge in [0.05, 0.1) is 5.54 Å². The maximum absolute atomic E-state index is 11.2. The molecule has 0 aliphatic heterocycles. The first-order chi connectivity index (χ1) is 5.95. The number of hydrogen-bond donors (Lipinski definition) is 1. The van der Waals surface area contributed by atoms with E-state index in [9.17, 15) is 4.79 Å². The van der Waals surface area contributed by atoms with Crippen LogP contribution in [-0.2, 0) is 4.79 Å². The van der Waals surface area contributed by atoms with Crippen LogP contribution < -0.4 is 5.73 Å². The lowest BCUT2D eigenvalue weighted by Gasteiger charge is -2.32. The van der Waals surface area contributed by atoms with Crippen molar-refractivity contribution >= 4 is 16.8 Å². The maximum Gasteiger partial charge on any atom is 0.241 e. The minimum absolute atomic E-state index is 0.297. The van der Waals surface area contributed by atoms with Gasteiger partial charge in [0.15, 0.2) is 0 Å². The topological polar surface area (TPSA) is 46.3 Å². The minimum Gasteiger partial charge on any atom is -0.330 e. The monoisotopic (exact) mass is 206 g/mol. The molecule has 0 aliphatic rings. The van der Waals surface area contributed by atoms with Crippen LogP contribution in [0.3, 0.4) is 0 Å². The molecule has 0 aromatic rings. The Kier molecular flexibility index (Phi) is 5.53. The summed E-state index contributed by atoms with van der Waals surface area (Å²) in [6, 6.07) is 0. The van der Waals surface area contributed by atoms with Crippen molar-refractivity contribution in [2.24, 2.45) is 5.73 Å². The first kappa shape index (κ1) is 12.9. The molecular formula is C9H19ClN2O. The molecule has 0 bridgehead atoms. The lowest BCUT2D eigenvalue weighted by atomic mass is 9.95. The summed E-state index contributed by atoms with van der Waals surface area (Å²) in [5.41, 5.74) is 4.83. The first-order valence-electron chi connectivity index (χ1n) is 4.52. The molecule has 78 valence electrons. The zero-order valence-electron chi connectivity index (χ0n) is 8.64. The standard InChI is InChI=1S/C9H19ClN2O/c1-9(8(10)13,12(2)3)6-4-5-7-11/h4-7,11H2,1-3H3. The summed E-state index contributed by atoms with van der Waals surface area (Å²) in [5, 5.41) is -0.297. The highest BCUT2D eigenvalue weighted by atomic mass is 35.5. The number of halogens is 1. The number of carbonyl (C=O) groups is 1. The van der Waals surface area contributed by atoms with Crippen molar-refractivity contribution in [1.82, 2.24) is 4.90 Å². The molecule has 0 aliphatic carbocycles. The highest BCUT2D eigenvalue weighted by molar-refractivity contribution is 6.65. The molecule has 0 fully saturated rings. The summed E-state index contributed by atoms with van der Waals surface area (Å²) in [6.07, 6.45) is 2.64. The normalized spacial score (nSPS) is 15.8. The van der Waals surface area contributed by atoms with Crippen molar-refractivity contribution in [3.63, 3.8) is 0 Å². The van der Waals surface area contributed by atoms with Gasteiger partial charge in [0.1, 0.15) is 0 Å². The molecule has 0 aromatic carbocycles. The van der Waals surface area contributed by atoms with E-state index in [1.54, 1.807) is 0 Å². The zero-order chi connectivity index (χ0) is 10.5. The number of hydrogen-bond acceptors (Lipinski definition) is 3. The first-order valence-corrected chi connectivity index (χ1v) is 4.90. The molecule has 0 rings (SSSR count). The lowest BCUT2D eigenvalue weighted by molar-refractivity contribution is -0.121. The summed E-state index contributed by atoms with van der Waals surface area (Å²) in [7, 11) is 3.73. The predicted molar refractivity (Wildman–Crippen MR) is 55.9 cm³/mol. The average Bonchev–Trinajstić information content (AvgIpc) is 2.03. The Morgan fingerprint density at radius 1 is 1.46 bits per heavy atom. The van der Waals surface area contributed by atoms with Crippen LogP contribution in [-0.4, -0.2) is 36.3 Å². The van der Waals surface area contributed by atoms with E-state index in [0.717, 1.165) is 19.3 Å². The molecule has 2 N–H and O–H groups in total. The van der Waals surface area contributed by atoms with Crippen molar-refractivity contribution in [1.29, 1.82) is 0 Å². The third kappa shape index (κ3) is 3.63. The van der Waals surface area contributed by atoms with Crippen LogP contribution in [0.1, 0.15) is 26.2 Å². The van der Waals surface area contributed by atoms with Crippen molar-refractivity contribution in [3.05, 3.63) is 0 Å². The molecule has 3 nitrogen and oxygen atoms in total. The highest BCUT2D eigenvalue weighted by Crippen LogP contribution is 2.22. The fraction of sp³-hybridized carbons (Fsp3) is 0.889. The van der Waals surface area contributed by atoms with E-state index in [1.807, 2.05) is 25.9 Å². The second kappa shape index (κ2) is 5.58. The lowest BCUT2D eigenvalue weighted by Crippen LogP contribution is -2.46. The van der Waals surface area contributed by atoms with E-state index in [0.29, 0.717) is 6.54 Å². The van der Waals surface area contributed by atoms with Gasteiger partial charge in [-0.15, -0.1) is 0 Å². The van der Waals surface area contributed by atoms with E-state index in [-0.39, 0.29) is 5.24 Å². The molecule has 13 heavy (non-hydrogen) atoms. The fourth-order valence-corrected chi connectivity index (χ4v) is 1.37. The van der Waals surface area contributed by atoms with E-state index < -0.39 is 5.54 Å². The van der Waals surface area contributed by atoms with Gasteiger partial charge in [-0.05, 0) is 58.4 Å². The van der Waals surface area contributed by atoms with Gasteiger partial charge >= 0.3 is 0 Å². The van der Waals surface area contributed by atoms with Gasteiger partial charge in [0.2, 0.25) is 5.24 Å². The summed E-state index contributed by atoms with van der Waals surface area (Å²) < 4.78 is 0. The third-order valence-electron chi connectivity index (χ3n) is 2.53. The fourth-order valence-electron chi connectivity index (χ4n) is 1.11. The Morgan fingerprint density at radius 2 is 2.00 bits per heavy atom. The van der Waals surface area contributed by atoms with Gasteiger partial charge in [-0.25, -0.2) is 0 Å². The van der Waals surface area contributed by atoms with E-state index in [2.05, 4.69) is 0 Å². The number of unbranched alkanes of at least 4 members (excludes halogenated alkanes) is 1. The highest BCUT2D eigenvalue weighted by Gasteiger charge is 2.33. The van der Waals surface area contributed by atoms with Gasteiger partial charge in [0.25, 0.3) is 0 Å². The van der Waals surface area contributed by atoms with Crippen LogP contribution in [0.15, 0.2) is 0 Å². The van der Waals surface area contributed by atoms with E-state index in [1.165, 1.54) is 0 Å². The van der Waals surface area contributed by atoms with Crippen molar-refractivity contribution < 1.29 is 4.79 Å². The van der Waals surface area contributed by atoms with Crippen molar-refractivity contribution in [2.45, 2.75) is 31.7 Å². The van der Waals surface area contributed by atoms with E-state index >= 15 is 0 Å². The molecule has 0 aromatic heterocycles. The smallest absolute Gasteiger partial charge is 0.241 e. The zero-order valence-corrected chi connectivity index (χ0v) is 9.40. The summed E-state index contributed by atoms with van der Waals surface area (Å²) in [5.74, 6) is 0. The number of carbonyl (C=O) groups excluding carboxylic acids is 1. The van der Waals surface area contributed by atoms with Crippen LogP contribution >= 0.6 is 11.6 Å². The van der Waals surface area contributed by atoms with Crippen LogP contribution in [0.2, 0.25) is 0 Å². The van der Waals surface area contributed by atoms with Gasteiger partial charge in [-0.2, -0.15) is 0 Å². The molecule has 1 atom stereocenters. The number of likely N-dealkylation sites (N-methyl/N-ethyl adjacent to an activating group) is 1. The number of rotatable bonds is 6. The summed E-state index contributed by atoms with van der Waals surface area (Å²) in [6.45, 7) is 2.53. The van der Waals surface area contributed by atoms with Gasteiger partial charge in [0, 0.05) is 0 Å². The molecule has 0 amide bonds. The Balaban J connectivity index is 4.17. The van der Waals surface area contributed by atoms with Crippen molar-refractivity contribution in [3.8, 4) is 0 Å². The number of nitrogens with zero attached hydrogens (tertiary/aromatic N) is 1. The maximum atomic E-state index is 11.2. The van der Waals surface area contributed by atoms with Gasteiger partial charge in [-0.3, -0.25) is 9.69 Å². The molecule has 1 unspecified atom stereocenters. The van der Waals surface area contributed by atoms with Crippen LogP contribution in [0.5, 0.6) is 0 Å². The SMILES string of the molecule is CN(C)C(C)(CCCCN)C(=O)Cl. The Bertz CT molecular complexity index is 173. The second-order valence-corrected chi connectivity index (χ2v) is 4.03. The molecule has 0 heterocycles. The largest absolute Gasteiger partial charge is 0.330 e. The third-order valence-corrected chi connectivity index (χ3v) is 2.94. The Morgan fingerprint density at radius 3 is 2.31 bits per heavy atom. The minimum atomic E-state index is -0.545. The Hall–Kier alpha value is -0.120. The quantitative estimate of drug-likeness (QED) is 0.525. The van der Waals surface area contributed by atoms with E-state index in [4.69, 9.17) is 17.3 Å². The van der Waals surface area contributed by atoms with Gasteiger partial charge < -0.3 is 5.73 Å². The average molecular weight is 207 g/mol. The summed E-state index contributed by atoms with van der Waals surface area (Å²) in [4.78, 5) is 13.1. The van der Waals surface area contributed by atoms with Crippen LogP contribution in [0.25, 0.3) is 0 Å². The van der Waals surface area contributed by atoms with Crippen molar-refractivity contribution in [2.75, 3.05) is 20.6 Å².